The van der Waals surface area contributed by atoms with Crippen molar-refractivity contribution in [3.63, 3.8) is 0 Å². The van der Waals surface area contributed by atoms with Gasteiger partial charge in [0.1, 0.15) is 24.3 Å². The van der Waals surface area contributed by atoms with Crippen molar-refractivity contribution in [2.45, 2.75) is 6.17 Å². The van der Waals surface area contributed by atoms with Crippen LogP contribution >= 0.6 is 11.6 Å². The summed E-state index contributed by atoms with van der Waals surface area (Å²) in [4.78, 5) is 4.28. The highest BCUT2D eigenvalue weighted by atomic mass is 35.5. The number of hydrogen-bond donors (Lipinski definition) is 2. The Bertz CT molecular complexity index is 544. The Balaban J connectivity index is 1.92. The van der Waals surface area contributed by atoms with Gasteiger partial charge in [0.05, 0.1) is 0 Å². The van der Waals surface area contributed by atoms with Crippen LogP contribution in [0.1, 0.15) is 11.7 Å². The average molecular weight is 268 g/mol. The Morgan fingerprint density at radius 3 is 3.17 bits per heavy atom. The maximum absolute atomic E-state index is 13.2. The molecule has 0 radical (unpaired) electrons. The van der Waals surface area contributed by atoms with Crippen molar-refractivity contribution < 1.29 is 9.13 Å². The van der Waals surface area contributed by atoms with Crippen molar-refractivity contribution in [1.29, 1.82) is 0 Å². The summed E-state index contributed by atoms with van der Waals surface area (Å²) in [5.41, 5.74) is 1.37. The van der Waals surface area contributed by atoms with E-state index in [2.05, 4.69) is 15.6 Å². The molecule has 0 fully saturated rings. The number of benzene rings is 1. The lowest BCUT2D eigenvalue weighted by atomic mass is 10.1. The Kier molecular flexibility index (Phi) is 2.83. The molecule has 1 atom stereocenters. The summed E-state index contributed by atoms with van der Waals surface area (Å²) >= 11 is 6.09. The van der Waals surface area contributed by atoms with Crippen molar-refractivity contribution in [2.75, 3.05) is 13.2 Å². The molecule has 1 aromatic rings. The van der Waals surface area contributed by atoms with Gasteiger partial charge < -0.3 is 15.4 Å². The fourth-order valence-electron chi connectivity index (χ4n) is 1.93. The number of ether oxygens (including phenoxy) is 1. The SMILES string of the molecule is Fc1cccc(C2N=C(Cl)C3=C(N2)OCCN3)c1. The maximum atomic E-state index is 13.2. The molecule has 1 aromatic carbocycles. The number of nitrogens with one attached hydrogen (secondary N) is 2. The number of halogens is 2. The topological polar surface area (TPSA) is 45.7 Å². The molecule has 2 aliphatic heterocycles. The van der Waals surface area contributed by atoms with Crippen LogP contribution in [-0.4, -0.2) is 18.3 Å². The minimum Gasteiger partial charge on any atom is -0.476 e. The summed E-state index contributed by atoms with van der Waals surface area (Å²) in [6.07, 6.45) is -0.424. The molecule has 1 unspecified atom stereocenters. The summed E-state index contributed by atoms with van der Waals surface area (Å²) in [6.45, 7) is 1.25. The lowest BCUT2D eigenvalue weighted by Crippen LogP contribution is -2.39. The van der Waals surface area contributed by atoms with E-state index in [1.807, 2.05) is 0 Å². The van der Waals surface area contributed by atoms with Gasteiger partial charge in [0.15, 0.2) is 5.17 Å². The van der Waals surface area contributed by atoms with Crippen LogP contribution in [0.2, 0.25) is 0 Å². The first-order chi connectivity index (χ1) is 8.74. The average Bonchev–Trinajstić information content (AvgIpc) is 2.39. The van der Waals surface area contributed by atoms with E-state index < -0.39 is 6.17 Å². The molecule has 2 aliphatic rings. The van der Waals surface area contributed by atoms with E-state index in [0.717, 1.165) is 0 Å². The second-order valence-corrected chi connectivity index (χ2v) is 4.36. The van der Waals surface area contributed by atoms with Gasteiger partial charge in [-0.2, -0.15) is 0 Å². The fourth-order valence-corrected chi connectivity index (χ4v) is 2.18. The van der Waals surface area contributed by atoms with Crippen molar-refractivity contribution in [2.24, 2.45) is 4.99 Å². The molecule has 3 rings (SSSR count). The van der Waals surface area contributed by atoms with Crippen molar-refractivity contribution in [3.05, 3.63) is 47.2 Å². The van der Waals surface area contributed by atoms with Crippen molar-refractivity contribution in [3.8, 4) is 0 Å². The Morgan fingerprint density at radius 2 is 2.33 bits per heavy atom. The Morgan fingerprint density at radius 1 is 1.44 bits per heavy atom. The van der Waals surface area contributed by atoms with Gasteiger partial charge in [0.2, 0.25) is 5.88 Å². The largest absolute Gasteiger partial charge is 0.476 e. The summed E-state index contributed by atoms with van der Waals surface area (Å²) in [5.74, 6) is 0.263. The lowest BCUT2D eigenvalue weighted by Gasteiger charge is -2.29. The Labute approximate surface area is 108 Å². The van der Waals surface area contributed by atoms with Gasteiger partial charge >= 0.3 is 0 Å². The molecular weight excluding hydrogens is 257 g/mol. The zero-order valence-electron chi connectivity index (χ0n) is 9.41. The van der Waals surface area contributed by atoms with Gasteiger partial charge in [0, 0.05) is 6.54 Å². The molecule has 94 valence electrons. The van der Waals surface area contributed by atoms with Gasteiger partial charge in [-0.15, -0.1) is 0 Å². The van der Waals surface area contributed by atoms with Gasteiger partial charge in [-0.1, -0.05) is 23.7 Å². The summed E-state index contributed by atoms with van der Waals surface area (Å²) in [6, 6.07) is 6.24. The number of rotatable bonds is 1. The first-order valence-electron chi connectivity index (χ1n) is 5.60. The highest BCUT2D eigenvalue weighted by molar-refractivity contribution is 6.69. The van der Waals surface area contributed by atoms with E-state index in [9.17, 15) is 4.39 Å². The molecule has 0 amide bonds. The van der Waals surface area contributed by atoms with Gasteiger partial charge in [-0.05, 0) is 17.7 Å². The van der Waals surface area contributed by atoms with Crippen molar-refractivity contribution >= 4 is 16.8 Å². The smallest absolute Gasteiger partial charge is 0.216 e. The molecule has 0 saturated heterocycles. The molecule has 0 aliphatic carbocycles. The number of nitrogens with zero attached hydrogens (tertiary/aromatic N) is 1. The molecule has 6 heteroatoms. The van der Waals surface area contributed by atoms with Crippen LogP contribution in [-0.2, 0) is 4.74 Å². The summed E-state index contributed by atoms with van der Waals surface area (Å²) in [5, 5.41) is 6.54. The molecule has 2 N–H and O–H groups in total. The number of allylic oxidation sites excluding steroid dienone is 1. The summed E-state index contributed by atoms with van der Waals surface area (Å²) < 4.78 is 18.7. The molecule has 4 nitrogen and oxygen atoms in total. The first kappa shape index (κ1) is 11.3. The lowest BCUT2D eigenvalue weighted by molar-refractivity contribution is 0.164. The van der Waals surface area contributed by atoms with E-state index in [0.29, 0.717) is 35.5 Å². The Hall–Kier alpha value is -1.75. The zero-order chi connectivity index (χ0) is 12.5. The van der Waals surface area contributed by atoms with Gasteiger partial charge in [-0.25, -0.2) is 9.38 Å². The minimum absolute atomic E-state index is 0.303. The molecule has 0 saturated carbocycles. The standard InChI is InChI=1S/C12H11ClFN3O/c13-10-9-12(18-5-4-15-9)17-11(16-10)7-2-1-3-8(14)6-7/h1-3,6,11,15,17H,4-5H2. The second-order valence-electron chi connectivity index (χ2n) is 4.00. The third-order valence-corrected chi connectivity index (χ3v) is 3.04. The molecule has 18 heavy (non-hydrogen) atoms. The van der Waals surface area contributed by atoms with E-state index >= 15 is 0 Å². The molecule has 0 spiro atoms. The monoisotopic (exact) mass is 267 g/mol. The molecule has 2 heterocycles. The third-order valence-electron chi connectivity index (χ3n) is 2.76. The van der Waals surface area contributed by atoms with Crippen LogP contribution in [0.4, 0.5) is 4.39 Å². The van der Waals surface area contributed by atoms with E-state index in [1.54, 1.807) is 12.1 Å². The predicted molar refractivity (Wildman–Crippen MR) is 66.5 cm³/mol. The highest BCUT2D eigenvalue weighted by Crippen LogP contribution is 2.25. The predicted octanol–water partition coefficient (Wildman–Crippen LogP) is 1.85. The third kappa shape index (κ3) is 2.01. The van der Waals surface area contributed by atoms with Crippen LogP contribution in [0.25, 0.3) is 0 Å². The fraction of sp³-hybridized carbons (Fsp3) is 0.250. The maximum Gasteiger partial charge on any atom is 0.216 e. The number of hydrogen-bond acceptors (Lipinski definition) is 4. The number of aliphatic imine (C=N–C) groups is 1. The van der Waals surface area contributed by atoms with Crippen LogP contribution in [0.3, 0.4) is 0 Å². The van der Waals surface area contributed by atoms with Crippen LogP contribution in [0.5, 0.6) is 0 Å². The van der Waals surface area contributed by atoms with Crippen LogP contribution in [0.15, 0.2) is 40.8 Å². The van der Waals surface area contributed by atoms with Crippen LogP contribution in [0, 0.1) is 5.82 Å². The quantitative estimate of drug-likeness (QED) is 0.816. The summed E-state index contributed by atoms with van der Waals surface area (Å²) in [7, 11) is 0. The molecular formula is C12H11ClFN3O. The van der Waals surface area contributed by atoms with E-state index in [4.69, 9.17) is 16.3 Å². The zero-order valence-corrected chi connectivity index (χ0v) is 10.2. The first-order valence-corrected chi connectivity index (χ1v) is 5.98. The normalized spacial score (nSPS) is 22.3. The minimum atomic E-state index is -0.424. The van der Waals surface area contributed by atoms with Gasteiger partial charge in [-0.3, -0.25) is 0 Å². The molecule has 0 aromatic heterocycles. The van der Waals surface area contributed by atoms with Gasteiger partial charge in [0.25, 0.3) is 0 Å². The van der Waals surface area contributed by atoms with Crippen LogP contribution < -0.4 is 10.6 Å². The van der Waals surface area contributed by atoms with Crippen molar-refractivity contribution in [1.82, 2.24) is 10.6 Å². The molecule has 0 bridgehead atoms. The van der Waals surface area contributed by atoms with E-state index in [-0.39, 0.29) is 5.82 Å². The second kappa shape index (κ2) is 4.49. The van der Waals surface area contributed by atoms with E-state index in [1.165, 1.54) is 12.1 Å². The highest BCUT2D eigenvalue weighted by Gasteiger charge is 2.26.